The molecule has 2 heterocycles. The molecule has 0 fully saturated rings. The van der Waals surface area contributed by atoms with E-state index in [1.807, 2.05) is 0 Å². The van der Waals surface area contributed by atoms with Gasteiger partial charge in [0, 0.05) is 12.4 Å². The van der Waals surface area contributed by atoms with Crippen LogP contribution in [0.25, 0.3) is 0 Å². The highest BCUT2D eigenvalue weighted by Gasteiger charge is 2.36. The third kappa shape index (κ3) is 1.83. The first-order valence-electron chi connectivity index (χ1n) is 4.91. The van der Waals surface area contributed by atoms with Crippen LogP contribution in [0.2, 0.25) is 0 Å². The van der Waals surface area contributed by atoms with Crippen LogP contribution in [0.15, 0.2) is 12.4 Å². The molecule has 0 spiro atoms. The number of nitrogens with two attached hydrogens (primary N) is 1. The van der Waals surface area contributed by atoms with Gasteiger partial charge in [-0.25, -0.2) is 9.97 Å². The second kappa shape index (κ2) is 4.07. The molecule has 2 unspecified atom stereocenters. The van der Waals surface area contributed by atoms with Crippen LogP contribution in [0.5, 0.6) is 0 Å². The summed E-state index contributed by atoms with van der Waals surface area (Å²) in [6.45, 7) is 1.31. The lowest BCUT2D eigenvalue weighted by Crippen LogP contribution is -2.62. The summed E-state index contributed by atoms with van der Waals surface area (Å²) in [7, 11) is 0. The van der Waals surface area contributed by atoms with E-state index in [1.54, 1.807) is 0 Å². The normalized spacial score (nSPS) is 20.5. The molecule has 8 heteroatoms. The van der Waals surface area contributed by atoms with Crippen LogP contribution >= 0.6 is 0 Å². The highest BCUT2D eigenvalue weighted by Crippen LogP contribution is 2.20. The molecule has 0 aromatic carbocycles. The average Bonchev–Trinajstić information content (AvgIpc) is 2.28. The lowest BCUT2D eigenvalue weighted by atomic mass is 10.2. The van der Waals surface area contributed by atoms with E-state index in [-0.39, 0.29) is 11.5 Å². The molecule has 0 radical (unpaired) electrons. The Morgan fingerprint density at radius 2 is 2.24 bits per heavy atom. The predicted octanol–water partition coefficient (Wildman–Crippen LogP) is -1.82. The van der Waals surface area contributed by atoms with Gasteiger partial charge in [-0.1, -0.05) is 0 Å². The monoisotopic (exact) mass is 237 g/mol. The van der Waals surface area contributed by atoms with Gasteiger partial charge in [-0.2, -0.15) is 0 Å². The van der Waals surface area contributed by atoms with Crippen molar-refractivity contribution in [1.82, 2.24) is 15.3 Å². The van der Waals surface area contributed by atoms with E-state index in [0.717, 1.165) is 4.90 Å². The number of rotatable bonds is 1. The fourth-order valence-corrected chi connectivity index (χ4v) is 1.51. The summed E-state index contributed by atoms with van der Waals surface area (Å²) in [4.78, 5) is 32.0. The molecule has 1 aliphatic rings. The number of hydrogen-bond acceptors (Lipinski definition) is 6. The number of aliphatic hydroxyl groups is 1. The molecule has 2 amide bonds. The van der Waals surface area contributed by atoms with Crippen molar-refractivity contribution in [3.8, 4) is 0 Å². The van der Waals surface area contributed by atoms with Gasteiger partial charge in [-0.3, -0.25) is 20.2 Å². The van der Waals surface area contributed by atoms with E-state index in [2.05, 4.69) is 15.3 Å². The summed E-state index contributed by atoms with van der Waals surface area (Å²) in [5, 5.41) is 11.6. The van der Waals surface area contributed by atoms with Crippen molar-refractivity contribution in [2.24, 2.45) is 5.73 Å². The van der Waals surface area contributed by atoms with Gasteiger partial charge in [0.05, 0.1) is 0 Å². The summed E-state index contributed by atoms with van der Waals surface area (Å²) in [6.07, 6.45) is 0.368. The van der Waals surface area contributed by atoms with Gasteiger partial charge in [0.1, 0.15) is 6.10 Å². The van der Waals surface area contributed by atoms with Gasteiger partial charge in [-0.05, 0) is 6.92 Å². The maximum Gasteiger partial charge on any atom is 0.276 e. The minimum absolute atomic E-state index is 0.00296. The third-order valence-corrected chi connectivity index (χ3v) is 2.27. The molecule has 0 saturated carbocycles. The first kappa shape index (κ1) is 11.4. The molecule has 2 atom stereocenters. The number of fused-ring (bicyclic) bond motifs is 1. The molecule has 0 bridgehead atoms. The molecule has 0 saturated heterocycles. The van der Waals surface area contributed by atoms with Gasteiger partial charge in [0.15, 0.2) is 17.8 Å². The lowest BCUT2D eigenvalue weighted by molar-refractivity contribution is -0.126. The molecular weight excluding hydrogens is 226 g/mol. The van der Waals surface area contributed by atoms with E-state index in [0.29, 0.717) is 0 Å². The number of aromatic nitrogens is 2. The zero-order valence-corrected chi connectivity index (χ0v) is 8.99. The zero-order chi connectivity index (χ0) is 12.6. The standard InChI is InChI=1S/C9H11N5O3/c1-4(15)8(17)14-6-5(11-2-3-12-6)7(16)13-9(14)10/h2-4,9,15H,10H2,1H3,(H,13,16). The van der Waals surface area contributed by atoms with Crippen molar-refractivity contribution >= 4 is 17.6 Å². The Labute approximate surface area is 96.5 Å². The summed E-state index contributed by atoms with van der Waals surface area (Å²) in [5.74, 6) is -1.11. The van der Waals surface area contributed by atoms with Gasteiger partial charge in [0.25, 0.3) is 11.8 Å². The Bertz CT molecular complexity index is 475. The Kier molecular flexibility index (Phi) is 2.74. The van der Waals surface area contributed by atoms with Crippen molar-refractivity contribution in [3.05, 3.63) is 18.1 Å². The molecule has 1 aliphatic heterocycles. The molecule has 17 heavy (non-hydrogen) atoms. The predicted molar refractivity (Wildman–Crippen MR) is 56.6 cm³/mol. The van der Waals surface area contributed by atoms with Crippen molar-refractivity contribution in [3.63, 3.8) is 0 Å². The maximum absolute atomic E-state index is 11.8. The molecule has 90 valence electrons. The van der Waals surface area contributed by atoms with E-state index in [9.17, 15) is 14.7 Å². The van der Waals surface area contributed by atoms with Crippen LogP contribution in [0, 0.1) is 0 Å². The molecule has 0 aliphatic carbocycles. The molecule has 1 aromatic heterocycles. The zero-order valence-electron chi connectivity index (χ0n) is 8.99. The van der Waals surface area contributed by atoms with Crippen LogP contribution in [-0.2, 0) is 4.79 Å². The van der Waals surface area contributed by atoms with E-state index >= 15 is 0 Å². The van der Waals surface area contributed by atoms with Crippen molar-refractivity contribution < 1.29 is 14.7 Å². The van der Waals surface area contributed by atoms with Crippen molar-refractivity contribution in [2.75, 3.05) is 4.90 Å². The number of aliphatic hydroxyl groups excluding tert-OH is 1. The Morgan fingerprint density at radius 3 is 2.88 bits per heavy atom. The topological polar surface area (TPSA) is 121 Å². The number of nitrogens with one attached hydrogen (secondary N) is 1. The molecule has 8 nitrogen and oxygen atoms in total. The highest BCUT2D eigenvalue weighted by molar-refractivity contribution is 6.06. The van der Waals surface area contributed by atoms with Crippen LogP contribution in [-0.4, -0.2) is 39.3 Å². The summed E-state index contributed by atoms with van der Waals surface area (Å²) < 4.78 is 0. The average molecular weight is 237 g/mol. The minimum Gasteiger partial charge on any atom is -0.384 e. The summed E-state index contributed by atoms with van der Waals surface area (Å²) in [6, 6.07) is 0. The molecule has 1 aromatic rings. The molecular formula is C9H11N5O3. The van der Waals surface area contributed by atoms with Crippen LogP contribution in [0.3, 0.4) is 0 Å². The van der Waals surface area contributed by atoms with Crippen molar-refractivity contribution in [1.29, 1.82) is 0 Å². The van der Waals surface area contributed by atoms with Gasteiger partial charge >= 0.3 is 0 Å². The molecule has 4 N–H and O–H groups in total. The number of nitrogens with zero attached hydrogens (tertiary/aromatic N) is 3. The van der Waals surface area contributed by atoms with Crippen LogP contribution < -0.4 is 16.0 Å². The Hall–Kier alpha value is -2.06. The van der Waals surface area contributed by atoms with Gasteiger partial charge < -0.3 is 10.4 Å². The van der Waals surface area contributed by atoms with Crippen molar-refractivity contribution in [2.45, 2.75) is 19.3 Å². The smallest absolute Gasteiger partial charge is 0.276 e. The number of carbonyl (C=O) groups is 2. The summed E-state index contributed by atoms with van der Waals surface area (Å²) >= 11 is 0. The fourth-order valence-electron chi connectivity index (χ4n) is 1.51. The largest absolute Gasteiger partial charge is 0.384 e. The lowest BCUT2D eigenvalue weighted by Gasteiger charge is -2.33. The van der Waals surface area contributed by atoms with Gasteiger partial charge in [-0.15, -0.1) is 0 Å². The van der Waals surface area contributed by atoms with E-state index in [4.69, 9.17) is 5.73 Å². The number of hydrogen-bond donors (Lipinski definition) is 3. The number of amides is 2. The van der Waals surface area contributed by atoms with Crippen LogP contribution in [0.4, 0.5) is 5.82 Å². The number of carbonyl (C=O) groups excluding carboxylic acids is 2. The fraction of sp³-hybridized carbons (Fsp3) is 0.333. The quantitative estimate of drug-likeness (QED) is 0.528. The van der Waals surface area contributed by atoms with Gasteiger partial charge in [0.2, 0.25) is 0 Å². The highest BCUT2D eigenvalue weighted by atomic mass is 16.3. The second-order valence-electron chi connectivity index (χ2n) is 3.53. The summed E-state index contributed by atoms with van der Waals surface area (Å²) in [5.41, 5.74) is 5.62. The molecule has 2 rings (SSSR count). The first-order valence-corrected chi connectivity index (χ1v) is 4.91. The Morgan fingerprint density at radius 1 is 1.59 bits per heavy atom. The SMILES string of the molecule is CC(O)C(=O)N1c2nccnc2C(=O)NC1N. The minimum atomic E-state index is -1.24. The first-order chi connectivity index (χ1) is 8.02. The van der Waals surface area contributed by atoms with E-state index in [1.165, 1.54) is 19.3 Å². The second-order valence-corrected chi connectivity index (χ2v) is 3.53. The number of anilines is 1. The third-order valence-electron chi connectivity index (χ3n) is 2.27. The maximum atomic E-state index is 11.8. The Balaban J connectivity index is 2.50. The van der Waals surface area contributed by atoms with Crippen LogP contribution in [0.1, 0.15) is 17.4 Å². The van der Waals surface area contributed by atoms with E-state index < -0.39 is 24.2 Å².